The highest BCUT2D eigenvalue weighted by Gasteiger charge is 2.48. The first-order chi connectivity index (χ1) is 57.5. The van der Waals surface area contributed by atoms with Crippen molar-refractivity contribution in [3.05, 3.63) is 457 Å². The van der Waals surface area contributed by atoms with Crippen LogP contribution in [0, 0.1) is 0 Å². The Labute approximate surface area is 679 Å². The lowest BCUT2D eigenvalue weighted by atomic mass is 9.67. The van der Waals surface area contributed by atoms with Gasteiger partial charge >= 0.3 is 0 Å². The number of hydrogen-bond donors (Lipinski definition) is 0. The van der Waals surface area contributed by atoms with E-state index in [4.69, 9.17) is 29.9 Å². The van der Waals surface area contributed by atoms with Gasteiger partial charge in [-0.1, -0.05) is 358 Å². The maximum Gasteiger partial charge on any atom is 0.164 e. The minimum absolute atomic E-state index is 0.438. The van der Waals surface area contributed by atoms with Gasteiger partial charge in [0.15, 0.2) is 34.9 Å². The molecule has 0 aliphatic heterocycles. The number of benzene rings is 17. The van der Waals surface area contributed by atoms with Crippen LogP contribution in [0.1, 0.15) is 44.5 Å². The van der Waals surface area contributed by atoms with Gasteiger partial charge in [-0.15, -0.1) is 22.7 Å². The fourth-order valence-corrected chi connectivity index (χ4v) is 20.4. The van der Waals surface area contributed by atoms with Gasteiger partial charge in [-0.3, -0.25) is 0 Å². The van der Waals surface area contributed by atoms with E-state index >= 15 is 0 Å². The molecule has 0 spiro atoms. The zero-order valence-corrected chi connectivity index (χ0v) is 64.4. The minimum atomic E-state index is -0.461. The third kappa shape index (κ3) is 11.4. The third-order valence-corrected chi connectivity index (χ3v) is 25.7. The van der Waals surface area contributed by atoms with Gasteiger partial charge in [-0.05, 0) is 154 Å². The van der Waals surface area contributed by atoms with Crippen LogP contribution in [-0.2, 0) is 10.8 Å². The van der Waals surface area contributed by atoms with Crippen LogP contribution in [0.4, 0.5) is 0 Å². The minimum Gasteiger partial charge on any atom is -0.208 e. The van der Waals surface area contributed by atoms with E-state index in [-0.39, 0.29) is 0 Å². The highest BCUT2D eigenvalue weighted by molar-refractivity contribution is 7.26. The zero-order valence-electron chi connectivity index (χ0n) is 62.8. The number of rotatable bonds is 12. The van der Waals surface area contributed by atoms with Gasteiger partial charge < -0.3 is 0 Å². The van der Waals surface area contributed by atoms with Crippen LogP contribution < -0.4 is 0 Å². The van der Waals surface area contributed by atoms with Crippen molar-refractivity contribution in [3.8, 4) is 113 Å². The Hall–Kier alpha value is -14.5. The molecule has 0 amide bonds. The lowest BCUT2D eigenvalue weighted by Crippen LogP contribution is -2.28. The van der Waals surface area contributed by atoms with E-state index in [0.717, 1.165) is 49.7 Å². The maximum absolute atomic E-state index is 5.05. The van der Waals surface area contributed by atoms with E-state index in [1.165, 1.54) is 124 Å². The van der Waals surface area contributed by atoms with Crippen LogP contribution in [-0.4, -0.2) is 29.9 Å². The molecule has 0 saturated carbocycles. The van der Waals surface area contributed by atoms with Crippen LogP contribution in [0.3, 0.4) is 0 Å². The Morgan fingerprint density at radius 2 is 0.509 bits per heavy atom. The summed E-state index contributed by atoms with van der Waals surface area (Å²) >= 11 is 3.72. The first-order valence-electron chi connectivity index (χ1n) is 39.3. The first kappa shape index (κ1) is 68.3. The van der Waals surface area contributed by atoms with Gasteiger partial charge in [0.25, 0.3) is 0 Å². The van der Waals surface area contributed by atoms with Crippen LogP contribution in [0.15, 0.2) is 413 Å². The van der Waals surface area contributed by atoms with Crippen molar-refractivity contribution in [3.63, 3.8) is 0 Å². The van der Waals surface area contributed by atoms with Gasteiger partial charge in [-0.2, -0.15) is 0 Å². The van der Waals surface area contributed by atoms with Gasteiger partial charge in [0.1, 0.15) is 0 Å². The van der Waals surface area contributed by atoms with Crippen molar-refractivity contribution >= 4 is 73.8 Å². The Balaban J connectivity index is 0.000000141. The van der Waals surface area contributed by atoms with E-state index in [2.05, 4.69) is 291 Å². The third-order valence-electron chi connectivity index (χ3n) is 23.4. The molecular weight excluding hydrogens is 1450 g/mol. The monoisotopic (exact) mass is 1510 g/mol. The standard InChI is InChI=1S/C56H35N3S.C52H33N3S/c1-4-15-36(16-5-1)53-57-54(37-17-6-2-7-18-37)59-55(58-53)46-24-14-19-40-33-38(27-30-43(40)46)39-28-31-51-47(34-39)48-35-42(29-32-52(48)60-51)56(41-20-8-3-9-21-41)49-25-12-10-22-44(49)45-23-11-13-26-50(45)56;1-4-16-34(17-5-1)49-53-50(35-18-6-2-7-19-35)55-51(54-49)37-21-14-20-36(32-37)40-26-15-29-47-48(40)43-33-39(30-31-46(43)56-47)52(38-22-8-3-9-23-38)44-27-12-10-24-41(44)42-25-11-13-28-45(42)52/h1-35H;1-33H. The Morgan fingerprint density at radius 1 is 0.172 bits per heavy atom. The molecule has 116 heavy (non-hydrogen) atoms. The van der Waals surface area contributed by atoms with Crippen molar-refractivity contribution in [2.24, 2.45) is 0 Å². The molecular formula is C108H68N6S2. The summed E-state index contributed by atoms with van der Waals surface area (Å²) in [5, 5.41) is 7.32. The summed E-state index contributed by atoms with van der Waals surface area (Å²) in [5.74, 6) is 3.92. The fourth-order valence-electron chi connectivity index (χ4n) is 18.3. The van der Waals surface area contributed by atoms with Crippen LogP contribution in [0.25, 0.3) is 164 Å². The highest BCUT2D eigenvalue weighted by atomic mass is 32.1. The van der Waals surface area contributed by atoms with Crippen molar-refractivity contribution < 1.29 is 0 Å². The number of fused-ring (bicyclic) bond motifs is 13. The molecule has 0 bridgehead atoms. The molecule has 23 rings (SSSR count). The van der Waals surface area contributed by atoms with Gasteiger partial charge in [0.2, 0.25) is 0 Å². The number of hydrogen-bond acceptors (Lipinski definition) is 8. The highest BCUT2D eigenvalue weighted by Crippen LogP contribution is 2.59. The molecule has 4 heterocycles. The van der Waals surface area contributed by atoms with Crippen molar-refractivity contribution in [1.29, 1.82) is 0 Å². The molecule has 4 aromatic heterocycles. The predicted molar refractivity (Wildman–Crippen MR) is 481 cm³/mol. The molecule has 0 radical (unpaired) electrons. The quantitative estimate of drug-likeness (QED) is 0.121. The topological polar surface area (TPSA) is 77.3 Å². The second-order valence-corrected chi connectivity index (χ2v) is 32.0. The number of thiophene rings is 2. The van der Waals surface area contributed by atoms with Crippen molar-refractivity contribution in [2.45, 2.75) is 10.8 Å². The SMILES string of the molecule is c1ccc(-c2nc(-c3ccccc3)nc(-c3cccc(-c4cccc5sc6ccc(C7(c8ccccc8)c8ccccc8-c8ccccc87)cc6c45)c3)n2)cc1.c1ccc(-c2nc(-c3ccccc3)nc(-c3cccc4cc(-c5ccc6sc7ccc(C8(c9ccccc9)c9ccccc9-c9ccccc98)cc7c6c5)ccc34)n2)cc1. The zero-order chi connectivity index (χ0) is 76.7. The Kier molecular flexibility index (Phi) is 16.6. The molecule has 542 valence electrons. The molecule has 0 atom stereocenters. The molecule has 2 aliphatic carbocycles. The number of aromatic nitrogens is 6. The fraction of sp³-hybridized carbons (Fsp3) is 0.0185. The molecule has 2 aliphatic rings. The summed E-state index contributed by atoms with van der Waals surface area (Å²) in [6, 6.07) is 148. The number of nitrogens with zero attached hydrogens (tertiary/aromatic N) is 6. The van der Waals surface area contributed by atoms with E-state index in [0.29, 0.717) is 34.9 Å². The Bertz CT molecular complexity index is 7180. The van der Waals surface area contributed by atoms with Crippen molar-refractivity contribution in [2.75, 3.05) is 0 Å². The summed E-state index contributed by atoms with van der Waals surface area (Å²) in [5.41, 5.74) is 25.1. The summed E-state index contributed by atoms with van der Waals surface area (Å²) in [4.78, 5) is 30.0. The summed E-state index contributed by atoms with van der Waals surface area (Å²) < 4.78 is 5.11. The van der Waals surface area contributed by atoms with E-state index in [1.54, 1.807) is 0 Å². The van der Waals surface area contributed by atoms with E-state index in [9.17, 15) is 0 Å². The second-order valence-electron chi connectivity index (χ2n) is 29.8. The molecule has 0 unspecified atom stereocenters. The van der Waals surface area contributed by atoms with E-state index in [1.807, 2.05) is 144 Å². The average molecular weight is 1510 g/mol. The lowest BCUT2D eigenvalue weighted by molar-refractivity contribution is 0.770. The molecule has 0 N–H and O–H groups in total. The molecule has 0 fully saturated rings. The average Bonchev–Trinajstić information content (AvgIpc) is 1.53. The van der Waals surface area contributed by atoms with Crippen LogP contribution in [0.2, 0.25) is 0 Å². The molecule has 17 aromatic carbocycles. The summed E-state index contributed by atoms with van der Waals surface area (Å²) in [6.45, 7) is 0. The maximum atomic E-state index is 5.05. The van der Waals surface area contributed by atoms with Crippen LogP contribution in [0.5, 0.6) is 0 Å². The van der Waals surface area contributed by atoms with Gasteiger partial charge in [0.05, 0.1) is 10.8 Å². The molecule has 21 aromatic rings. The first-order valence-corrected chi connectivity index (χ1v) is 40.9. The molecule has 8 heteroatoms. The summed E-state index contributed by atoms with van der Waals surface area (Å²) in [6.07, 6.45) is 0. The summed E-state index contributed by atoms with van der Waals surface area (Å²) in [7, 11) is 0. The van der Waals surface area contributed by atoms with E-state index < -0.39 is 10.8 Å². The molecule has 6 nitrogen and oxygen atoms in total. The predicted octanol–water partition coefficient (Wildman–Crippen LogP) is 27.7. The smallest absolute Gasteiger partial charge is 0.164 e. The van der Waals surface area contributed by atoms with Gasteiger partial charge in [0, 0.05) is 73.7 Å². The Morgan fingerprint density at radius 3 is 1.00 bits per heavy atom. The second kappa shape index (κ2) is 28.3. The normalized spacial score (nSPS) is 12.8. The van der Waals surface area contributed by atoms with Crippen LogP contribution >= 0.6 is 22.7 Å². The largest absolute Gasteiger partial charge is 0.208 e. The van der Waals surface area contributed by atoms with Gasteiger partial charge in [-0.25, -0.2) is 29.9 Å². The molecule has 0 saturated heterocycles. The lowest BCUT2D eigenvalue weighted by Gasteiger charge is -2.34. The van der Waals surface area contributed by atoms with Crippen molar-refractivity contribution in [1.82, 2.24) is 29.9 Å².